The molecule has 2 atom stereocenters. The molecule has 0 N–H and O–H groups in total. The van der Waals surface area contributed by atoms with E-state index < -0.39 is 9.05 Å². The van der Waals surface area contributed by atoms with Crippen LogP contribution < -0.4 is 4.74 Å². The average molecular weight is 333 g/mol. The van der Waals surface area contributed by atoms with Crippen LogP contribution in [0.5, 0.6) is 5.75 Å². The minimum absolute atomic E-state index is 0.0584. The van der Waals surface area contributed by atoms with E-state index in [2.05, 4.69) is 26.0 Å². The third-order valence-corrected chi connectivity index (χ3v) is 5.09. The van der Waals surface area contributed by atoms with Gasteiger partial charge in [-0.15, -0.1) is 0 Å². The number of hydrogen-bond donors (Lipinski definition) is 0. The average Bonchev–Trinajstić information content (AvgIpc) is 2.41. The second-order valence-corrected chi connectivity index (χ2v) is 8.72. The summed E-state index contributed by atoms with van der Waals surface area (Å²) >= 11 is 0. The Bertz CT molecular complexity index is 523. The van der Waals surface area contributed by atoms with E-state index in [0.717, 1.165) is 12.2 Å². The molecule has 1 aromatic rings. The van der Waals surface area contributed by atoms with Crippen LogP contribution in [0.2, 0.25) is 0 Å². The number of ether oxygens (including phenoxy) is 1. The van der Waals surface area contributed by atoms with Crippen molar-refractivity contribution in [3.05, 3.63) is 29.8 Å². The lowest BCUT2D eigenvalue weighted by atomic mass is 9.98. The molecule has 0 spiro atoms. The van der Waals surface area contributed by atoms with Crippen molar-refractivity contribution in [1.29, 1.82) is 0 Å². The van der Waals surface area contributed by atoms with Gasteiger partial charge in [-0.3, -0.25) is 0 Å². The van der Waals surface area contributed by atoms with Crippen LogP contribution >= 0.6 is 10.7 Å². The predicted octanol–water partition coefficient (Wildman–Crippen LogP) is 4.42. The second-order valence-electron chi connectivity index (χ2n) is 5.90. The maximum Gasteiger partial charge on any atom is 0.233 e. The molecule has 3 nitrogen and oxygen atoms in total. The molecule has 120 valence electrons. The number of halogens is 1. The lowest BCUT2D eigenvalue weighted by Gasteiger charge is -2.20. The van der Waals surface area contributed by atoms with Gasteiger partial charge in [0, 0.05) is 16.6 Å². The summed E-state index contributed by atoms with van der Waals surface area (Å²) in [5, 5.41) is 0. The number of hydrogen-bond acceptors (Lipinski definition) is 3. The Morgan fingerprint density at radius 1 is 1.14 bits per heavy atom. The molecule has 0 radical (unpaired) electrons. The topological polar surface area (TPSA) is 43.4 Å². The van der Waals surface area contributed by atoms with E-state index in [-0.39, 0.29) is 17.6 Å². The summed E-state index contributed by atoms with van der Waals surface area (Å²) in [5.74, 6) is 1.32. The van der Waals surface area contributed by atoms with Crippen LogP contribution in [0.25, 0.3) is 0 Å². The van der Waals surface area contributed by atoms with Crippen LogP contribution in [-0.2, 0) is 9.05 Å². The fourth-order valence-corrected chi connectivity index (χ4v) is 3.50. The fraction of sp³-hybridized carbons (Fsp3) is 0.625. The molecule has 0 aliphatic rings. The van der Waals surface area contributed by atoms with Crippen molar-refractivity contribution in [2.24, 2.45) is 11.8 Å². The molecule has 0 heterocycles. The van der Waals surface area contributed by atoms with Crippen molar-refractivity contribution in [2.45, 2.75) is 40.0 Å². The Morgan fingerprint density at radius 2 is 1.71 bits per heavy atom. The van der Waals surface area contributed by atoms with Crippen molar-refractivity contribution in [3.63, 3.8) is 0 Å². The molecule has 0 saturated carbocycles. The van der Waals surface area contributed by atoms with Crippen LogP contribution in [0.3, 0.4) is 0 Å². The van der Waals surface area contributed by atoms with Crippen LogP contribution in [0.15, 0.2) is 24.3 Å². The van der Waals surface area contributed by atoms with E-state index in [1.165, 1.54) is 5.56 Å². The first kappa shape index (κ1) is 18.3. The highest BCUT2D eigenvalue weighted by atomic mass is 35.7. The molecule has 2 unspecified atom stereocenters. The predicted molar refractivity (Wildman–Crippen MR) is 88.6 cm³/mol. The maximum absolute atomic E-state index is 11.2. The SMILES string of the molecule is CCC(C)c1ccc(OCC(CS(=O)(=O)Cl)C(C)C)cc1. The van der Waals surface area contributed by atoms with E-state index in [9.17, 15) is 8.42 Å². The van der Waals surface area contributed by atoms with Crippen molar-refractivity contribution in [2.75, 3.05) is 12.4 Å². The first-order valence-electron chi connectivity index (χ1n) is 7.38. The highest BCUT2D eigenvalue weighted by molar-refractivity contribution is 8.13. The number of benzene rings is 1. The van der Waals surface area contributed by atoms with Crippen LogP contribution in [0, 0.1) is 11.8 Å². The summed E-state index contributed by atoms with van der Waals surface area (Å²) in [7, 11) is 1.84. The van der Waals surface area contributed by atoms with Gasteiger partial charge in [0.15, 0.2) is 0 Å². The highest BCUT2D eigenvalue weighted by Crippen LogP contribution is 2.23. The standard InChI is InChI=1S/C16H25ClO3S/c1-5-13(4)14-6-8-16(9-7-14)20-10-15(12(2)3)11-21(17,18)19/h6-9,12-13,15H,5,10-11H2,1-4H3. The second kappa shape index (κ2) is 8.04. The summed E-state index contributed by atoms with van der Waals surface area (Å²) in [6.07, 6.45) is 1.10. The highest BCUT2D eigenvalue weighted by Gasteiger charge is 2.21. The first-order chi connectivity index (χ1) is 9.73. The Hall–Kier alpha value is -0.740. The van der Waals surface area contributed by atoms with E-state index in [4.69, 9.17) is 15.4 Å². The molecule has 1 aromatic carbocycles. The van der Waals surface area contributed by atoms with Crippen molar-refractivity contribution < 1.29 is 13.2 Å². The normalized spacial score (nSPS) is 15.0. The molecule has 5 heteroatoms. The fourth-order valence-electron chi connectivity index (χ4n) is 2.02. The first-order valence-corrected chi connectivity index (χ1v) is 9.85. The quantitative estimate of drug-likeness (QED) is 0.662. The lowest BCUT2D eigenvalue weighted by molar-refractivity contribution is 0.225. The monoisotopic (exact) mass is 332 g/mol. The Labute approximate surface area is 133 Å². The molecule has 0 bridgehead atoms. The molecule has 1 rings (SSSR count). The maximum atomic E-state index is 11.2. The van der Waals surface area contributed by atoms with E-state index in [1.54, 1.807) is 0 Å². The molecule has 0 fully saturated rings. The summed E-state index contributed by atoms with van der Waals surface area (Å²) in [4.78, 5) is 0. The van der Waals surface area contributed by atoms with Gasteiger partial charge >= 0.3 is 0 Å². The molecule has 0 aliphatic heterocycles. The van der Waals surface area contributed by atoms with Gasteiger partial charge in [-0.25, -0.2) is 8.42 Å². The molecular weight excluding hydrogens is 308 g/mol. The van der Waals surface area contributed by atoms with Gasteiger partial charge in [-0.1, -0.05) is 39.8 Å². The van der Waals surface area contributed by atoms with E-state index in [1.807, 2.05) is 26.0 Å². The van der Waals surface area contributed by atoms with Gasteiger partial charge in [0.1, 0.15) is 5.75 Å². The van der Waals surface area contributed by atoms with Crippen LogP contribution in [0.4, 0.5) is 0 Å². The van der Waals surface area contributed by atoms with Crippen LogP contribution in [-0.4, -0.2) is 20.8 Å². The van der Waals surface area contributed by atoms with Gasteiger partial charge in [0.25, 0.3) is 0 Å². The summed E-state index contributed by atoms with van der Waals surface area (Å²) in [6, 6.07) is 8.00. The van der Waals surface area contributed by atoms with Crippen molar-refractivity contribution in [3.8, 4) is 5.75 Å². The minimum Gasteiger partial charge on any atom is -0.493 e. The van der Waals surface area contributed by atoms with Gasteiger partial charge in [0.05, 0.1) is 12.4 Å². The zero-order valence-electron chi connectivity index (χ0n) is 13.2. The molecule has 0 saturated heterocycles. The number of rotatable bonds is 8. The Morgan fingerprint density at radius 3 is 2.14 bits per heavy atom. The summed E-state index contributed by atoms with van der Waals surface area (Å²) in [5.41, 5.74) is 1.29. The van der Waals surface area contributed by atoms with Crippen LogP contribution in [0.1, 0.15) is 45.6 Å². The third-order valence-electron chi connectivity index (χ3n) is 3.88. The van der Waals surface area contributed by atoms with Gasteiger partial charge in [0.2, 0.25) is 9.05 Å². The Kier molecular flexibility index (Phi) is 7.01. The largest absolute Gasteiger partial charge is 0.493 e. The van der Waals surface area contributed by atoms with Gasteiger partial charge in [-0.2, -0.15) is 0 Å². The van der Waals surface area contributed by atoms with Crippen molar-refractivity contribution >= 4 is 19.7 Å². The molecule has 21 heavy (non-hydrogen) atoms. The Balaban J connectivity index is 2.64. The molecule has 0 amide bonds. The van der Waals surface area contributed by atoms with E-state index in [0.29, 0.717) is 12.5 Å². The van der Waals surface area contributed by atoms with E-state index >= 15 is 0 Å². The summed E-state index contributed by atoms with van der Waals surface area (Å²) in [6.45, 7) is 8.65. The molecular formula is C16H25ClO3S. The lowest BCUT2D eigenvalue weighted by Crippen LogP contribution is -2.24. The zero-order valence-corrected chi connectivity index (χ0v) is 14.7. The van der Waals surface area contributed by atoms with Gasteiger partial charge in [-0.05, 0) is 36.0 Å². The van der Waals surface area contributed by atoms with Crippen molar-refractivity contribution in [1.82, 2.24) is 0 Å². The smallest absolute Gasteiger partial charge is 0.233 e. The van der Waals surface area contributed by atoms with Gasteiger partial charge < -0.3 is 4.74 Å². The third kappa shape index (κ3) is 6.70. The minimum atomic E-state index is -3.50. The molecule has 0 aromatic heterocycles. The molecule has 0 aliphatic carbocycles. The zero-order chi connectivity index (χ0) is 16.0. The summed E-state index contributed by atoms with van der Waals surface area (Å²) < 4.78 is 28.2.